The molecule has 1 aromatic rings. The third kappa shape index (κ3) is 5.33. The van der Waals surface area contributed by atoms with Crippen LogP contribution in [-0.2, 0) is 25.2 Å². The van der Waals surface area contributed by atoms with E-state index in [-0.39, 0.29) is 11.3 Å². The molecule has 0 N–H and O–H groups in total. The van der Waals surface area contributed by atoms with E-state index in [1.807, 2.05) is 0 Å². The molecule has 0 unspecified atom stereocenters. The standard InChI is InChI=1S/C15H18F3NO5S/c1-23-14(20)10-7-11(15(16,17)18)9-12(8-10)19-5-3-13(4-6-19)24-25(2,21)22/h7-9,13H,3-6H2,1-2H3. The average molecular weight is 381 g/mol. The Balaban J connectivity index is 2.23. The number of halogens is 3. The number of rotatable bonds is 4. The summed E-state index contributed by atoms with van der Waals surface area (Å²) < 4.78 is 70.9. The largest absolute Gasteiger partial charge is 0.465 e. The Morgan fingerprint density at radius 3 is 2.28 bits per heavy atom. The number of carbonyl (C=O) groups excluding carboxylic acids is 1. The normalized spacial score (nSPS) is 16.8. The molecule has 1 fully saturated rings. The Morgan fingerprint density at radius 2 is 1.80 bits per heavy atom. The predicted molar refractivity (Wildman–Crippen MR) is 83.9 cm³/mol. The lowest BCUT2D eigenvalue weighted by molar-refractivity contribution is -0.137. The van der Waals surface area contributed by atoms with Crippen molar-refractivity contribution >= 4 is 21.8 Å². The van der Waals surface area contributed by atoms with Crippen molar-refractivity contribution in [2.45, 2.75) is 25.1 Å². The van der Waals surface area contributed by atoms with Gasteiger partial charge in [-0.1, -0.05) is 0 Å². The second-order valence-electron chi connectivity index (χ2n) is 5.74. The van der Waals surface area contributed by atoms with Crippen LogP contribution in [0.15, 0.2) is 18.2 Å². The van der Waals surface area contributed by atoms with Gasteiger partial charge >= 0.3 is 12.1 Å². The number of benzene rings is 1. The minimum absolute atomic E-state index is 0.193. The molecule has 0 bridgehead atoms. The number of carbonyl (C=O) groups is 1. The van der Waals surface area contributed by atoms with Gasteiger partial charge in [-0.2, -0.15) is 21.6 Å². The van der Waals surface area contributed by atoms with E-state index in [0.717, 1.165) is 25.5 Å². The number of anilines is 1. The van der Waals surface area contributed by atoms with Crippen LogP contribution in [0.25, 0.3) is 0 Å². The molecule has 1 saturated heterocycles. The van der Waals surface area contributed by atoms with Gasteiger partial charge in [-0.25, -0.2) is 4.79 Å². The van der Waals surface area contributed by atoms with Crippen molar-refractivity contribution in [3.63, 3.8) is 0 Å². The monoisotopic (exact) mass is 381 g/mol. The Morgan fingerprint density at radius 1 is 1.20 bits per heavy atom. The van der Waals surface area contributed by atoms with Crippen molar-refractivity contribution in [2.24, 2.45) is 0 Å². The van der Waals surface area contributed by atoms with Gasteiger partial charge in [-0.3, -0.25) is 4.18 Å². The Labute approximate surface area is 143 Å². The second-order valence-corrected chi connectivity index (χ2v) is 7.35. The van der Waals surface area contributed by atoms with Crippen molar-refractivity contribution in [1.29, 1.82) is 0 Å². The first-order chi connectivity index (χ1) is 11.5. The van der Waals surface area contributed by atoms with E-state index >= 15 is 0 Å². The van der Waals surface area contributed by atoms with Crippen LogP contribution < -0.4 is 4.90 Å². The van der Waals surface area contributed by atoms with Crippen molar-refractivity contribution in [1.82, 2.24) is 0 Å². The zero-order chi connectivity index (χ0) is 18.8. The van der Waals surface area contributed by atoms with Crippen LogP contribution in [0, 0.1) is 0 Å². The summed E-state index contributed by atoms with van der Waals surface area (Å²) in [6.07, 6.45) is -3.46. The third-order valence-electron chi connectivity index (χ3n) is 3.78. The van der Waals surface area contributed by atoms with E-state index < -0.39 is 33.9 Å². The fourth-order valence-corrected chi connectivity index (χ4v) is 3.34. The second kappa shape index (κ2) is 7.20. The number of hydrogen-bond acceptors (Lipinski definition) is 6. The lowest BCUT2D eigenvalue weighted by Gasteiger charge is -2.33. The van der Waals surface area contributed by atoms with Gasteiger partial charge in [0, 0.05) is 18.8 Å². The molecule has 10 heteroatoms. The van der Waals surface area contributed by atoms with Crippen molar-refractivity contribution in [3.05, 3.63) is 29.3 Å². The topological polar surface area (TPSA) is 72.9 Å². The van der Waals surface area contributed by atoms with Crippen molar-refractivity contribution < 1.29 is 35.3 Å². The molecule has 0 spiro atoms. The summed E-state index contributed by atoms with van der Waals surface area (Å²) in [5.41, 5.74) is -0.908. The lowest BCUT2D eigenvalue weighted by atomic mass is 10.0. The Hall–Kier alpha value is -1.81. The molecular formula is C15H18F3NO5S. The van der Waals surface area contributed by atoms with Crippen LogP contribution in [0.1, 0.15) is 28.8 Å². The van der Waals surface area contributed by atoms with Crippen LogP contribution in [0.5, 0.6) is 0 Å². The molecule has 1 aliphatic rings. The molecule has 0 saturated carbocycles. The van der Waals surface area contributed by atoms with E-state index in [9.17, 15) is 26.4 Å². The van der Waals surface area contributed by atoms with Gasteiger partial charge in [0.1, 0.15) is 0 Å². The van der Waals surface area contributed by atoms with Crippen LogP contribution >= 0.6 is 0 Å². The molecule has 2 rings (SSSR count). The van der Waals surface area contributed by atoms with E-state index in [4.69, 9.17) is 4.18 Å². The first-order valence-corrected chi connectivity index (χ1v) is 9.25. The molecule has 1 aliphatic heterocycles. The summed E-state index contributed by atoms with van der Waals surface area (Å²) in [5, 5.41) is 0. The highest BCUT2D eigenvalue weighted by Crippen LogP contribution is 2.34. The summed E-state index contributed by atoms with van der Waals surface area (Å²) in [5.74, 6) is -0.859. The molecular weight excluding hydrogens is 363 g/mol. The summed E-state index contributed by atoms with van der Waals surface area (Å²) in [4.78, 5) is 13.3. The Bertz CT molecular complexity index is 740. The molecule has 0 aromatic heterocycles. The fraction of sp³-hybridized carbons (Fsp3) is 0.533. The molecule has 0 atom stereocenters. The van der Waals surface area contributed by atoms with Gasteiger partial charge in [0.25, 0.3) is 10.1 Å². The predicted octanol–water partition coefficient (Wildman–Crippen LogP) is 2.44. The van der Waals surface area contributed by atoms with E-state index in [1.165, 1.54) is 6.07 Å². The number of piperidine rings is 1. The van der Waals surface area contributed by atoms with Crippen molar-refractivity contribution in [2.75, 3.05) is 31.4 Å². The first kappa shape index (κ1) is 19.5. The molecule has 0 amide bonds. The van der Waals surface area contributed by atoms with Gasteiger partial charge in [0.15, 0.2) is 0 Å². The quantitative estimate of drug-likeness (QED) is 0.589. The van der Waals surface area contributed by atoms with E-state index in [2.05, 4.69) is 4.74 Å². The highest BCUT2D eigenvalue weighted by molar-refractivity contribution is 7.86. The van der Waals surface area contributed by atoms with E-state index in [1.54, 1.807) is 4.90 Å². The zero-order valence-corrected chi connectivity index (χ0v) is 14.5. The smallest absolute Gasteiger partial charge is 0.416 e. The van der Waals surface area contributed by atoms with Gasteiger partial charge in [-0.15, -0.1) is 0 Å². The summed E-state index contributed by atoms with van der Waals surface area (Å²) >= 11 is 0. The molecule has 25 heavy (non-hydrogen) atoms. The number of hydrogen-bond donors (Lipinski definition) is 0. The minimum Gasteiger partial charge on any atom is -0.465 e. The number of esters is 1. The summed E-state index contributed by atoms with van der Waals surface area (Å²) in [7, 11) is -2.49. The molecule has 140 valence electrons. The summed E-state index contributed by atoms with van der Waals surface area (Å²) in [6, 6.07) is 3.04. The fourth-order valence-electron chi connectivity index (χ4n) is 2.65. The van der Waals surface area contributed by atoms with Crippen LogP contribution in [-0.4, -0.2) is 46.9 Å². The SMILES string of the molecule is COC(=O)c1cc(N2CCC(OS(C)(=O)=O)CC2)cc(C(F)(F)F)c1. The van der Waals surface area contributed by atoms with Gasteiger partial charge in [-0.05, 0) is 31.0 Å². The number of nitrogens with zero attached hydrogens (tertiary/aromatic N) is 1. The van der Waals surface area contributed by atoms with Crippen molar-refractivity contribution in [3.8, 4) is 0 Å². The number of ether oxygens (including phenoxy) is 1. The third-order valence-corrected chi connectivity index (χ3v) is 4.41. The highest BCUT2D eigenvalue weighted by Gasteiger charge is 2.33. The minimum atomic E-state index is -4.60. The van der Waals surface area contributed by atoms with Crippen LogP contribution in [0.4, 0.5) is 18.9 Å². The van der Waals surface area contributed by atoms with E-state index in [0.29, 0.717) is 25.9 Å². The van der Waals surface area contributed by atoms with Gasteiger partial charge < -0.3 is 9.64 Å². The molecule has 6 nitrogen and oxygen atoms in total. The Kier molecular flexibility index (Phi) is 5.62. The summed E-state index contributed by atoms with van der Waals surface area (Å²) in [6.45, 7) is 0.615. The zero-order valence-electron chi connectivity index (χ0n) is 13.7. The van der Waals surface area contributed by atoms with Gasteiger partial charge in [0.2, 0.25) is 0 Å². The maximum Gasteiger partial charge on any atom is 0.416 e. The highest BCUT2D eigenvalue weighted by atomic mass is 32.2. The average Bonchev–Trinajstić information content (AvgIpc) is 2.52. The molecule has 1 aromatic carbocycles. The van der Waals surface area contributed by atoms with Gasteiger partial charge in [0.05, 0.1) is 30.6 Å². The lowest BCUT2D eigenvalue weighted by Crippen LogP contribution is -2.38. The number of methoxy groups -OCH3 is 1. The van der Waals surface area contributed by atoms with Crippen LogP contribution in [0.3, 0.4) is 0 Å². The molecule has 1 heterocycles. The maximum absolute atomic E-state index is 13.1. The number of alkyl halides is 3. The molecule has 0 radical (unpaired) electrons. The first-order valence-electron chi connectivity index (χ1n) is 7.43. The molecule has 0 aliphatic carbocycles. The maximum atomic E-state index is 13.1. The van der Waals surface area contributed by atoms with Crippen LogP contribution in [0.2, 0.25) is 0 Å².